The van der Waals surface area contributed by atoms with Crippen LogP contribution in [0.4, 0.5) is 17.5 Å². The molecule has 0 aliphatic carbocycles. The van der Waals surface area contributed by atoms with E-state index in [1.54, 1.807) is 0 Å². The van der Waals surface area contributed by atoms with Gasteiger partial charge in [0.05, 0.1) is 12.1 Å². The second kappa shape index (κ2) is 4.22. The average molecular weight is 241 g/mol. The fraction of sp³-hybridized carbons (Fsp3) is 0.556. The fourth-order valence-electron chi connectivity index (χ4n) is 1.74. The minimum absolute atomic E-state index is 0.0255. The van der Waals surface area contributed by atoms with Crippen LogP contribution >= 0.6 is 0 Å². The van der Waals surface area contributed by atoms with Crippen molar-refractivity contribution in [3.05, 3.63) is 10.4 Å². The van der Waals surface area contributed by atoms with Crippen LogP contribution in [-0.2, 0) is 0 Å². The van der Waals surface area contributed by atoms with Crippen molar-refractivity contribution in [2.45, 2.75) is 25.2 Å². The van der Waals surface area contributed by atoms with Crippen LogP contribution in [0.25, 0.3) is 0 Å². The average Bonchev–Trinajstić information content (AvgIpc) is 2.27. The smallest absolute Gasteiger partial charge is 0.277 e. The molecule has 1 aromatic rings. The molecule has 0 bridgehead atoms. The van der Waals surface area contributed by atoms with Gasteiger partial charge in [-0.2, -0.15) is 4.98 Å². The van der Waals surface area contributed by atoms with Gasteiger partial charge in [-0.1, -0.05) is 0 Å². The maximum absolute atomic E-state index is 11.6. The van der Waals surface area contributed by atoms with Gasteiger partial charge in [-0.25, -0.2) is 0 Å². The Morgan fingerprint density at radius 2 is 2.24 bits per heavy atom. The van der Waals surface area contributed by atoms with E-state index in [2.05, 4.69) is 20.6 Å². The van der Waals surface area contributed by atoms with Gasteiger partial charge in [0.15, 0.2) is 5.82 Å². The number of hydrogen-bond donors (Lipinski definition) is 6. The molecule has 1 aromatic heterocycles. The van der Waals surface area contributed by atoms with E-state index in [4.69, 9.17) is 5.73 Å². The number of fused-ring (bicyclic) bond motifs is 1. The molecule has 2 rings (SSSR count). The van der Waals surface area contributed by atoms with Crippen LogP contribution in [0.2, 0.25) is 0 Å². The van der Waals surface area contributed by atoms with E-state index in [9.17, 15) is 15.0 Å². The predicted molar refractivity (Wildman–Crippen MR) is 62.9 cm³/mol. The zero-order valence-corrected chi connectivity index (χ0v) is 9.27. The molecule has 2 unspecified atom stereocenters. The molecule has 1 aliphatic rings. The molecule has 1 aliphatic heterocycles. The number of aromatic nitrogens is 2. The summed E-state index contributed by atoms with van der Waals surface area (Å²) in [6, 6.07) is -0.464. The first-order valence-corrected chi connectivity index (χ1v) is 5.25. The first-order valence-electron chi connectivity index (χ1n) is 5.25. The van der Waals surface area contributed by atoms with Crippen LogP contribution in [0.1, 0.15) is 6.92 Å². The number of H-pyrrole nitrogens is 1. The zero-order chi connectivity index (χ0) is 12.6. The van der Waals surface area contributed by atoms with Gasteiger partial charge in [0.2, 0.25) is 5.95 Å². The summed E-state index contributed by atoms with van der Waals surface area (Å²) in [6.45, 7) is 1.82. The molecular weight excluding hydrogens is 226 g/mol. The first kappa shape index (κ1) is 11.7. The number of hydrogen-bond acceptors (Lipinski definition) is 7. The summed E-state index contributed by atoms with van der Waals surface area (Å²) in [7, 11) is 0. The van der Waals surface area contributed by atoms with E-state index in [0.717, 1.165) is 0 Å². The first-order chi connectivity index (χ1) is 7.99. The Bertz CT molecular complexity index is 472. The van der Waals surface area contributed by atoms with Crippen LogP contribution < -0.4 is 21.9 Å². The van der Waals surface area contributed by atoms with Crippen molar-refractivity contribution in [2.24, 2.45) is 0 Å². The fourth-order valence-corrected chi connectivity index (χ4v) is 1.74. The molecule has 0 fully saturated rings. The third-order valence-corrected chi connectivity index (χ3v) is 2.66. The Balaban J connectivity index is 2.27. The SMILES string of the molecule is C[C@H](O)C(O)C1CNc2nc(N)[nH]c(=O)c2N1. The molecule has 8 nitrogen and oxygen atoms in total. The number of nitrogens with zero attached hydrogens (tertiary/aromatic N) is 1. The maximum atomic E-state index is 11.6. The van der Waals surface area contributed by atoms with Crippen LogP contribution in [0.15, 0.2) is 4.79 Å². The van der Waals surface area contributed by atoms with Crippen LogP contribution in [0.3, 0.4) is 0 Å². The van der Waals surface area contributed by atoms with E-state index in [0.29, 0.717) is 12.4 Å². The van der Waals surface area contributed by atoms with Gasteiger partial charge >= 0.3 is 0 Å². The third-order valence-electron chi connectivity index (χ3n) is 2.66. The summed E-state index contributed by atoms with van der Waals surface area (Å²) in [6.07, 6.45) is -1.87. The monoisotopic (exact) mass is 241 g/mol. The molecule has 3 atom stereocenters. The lowest BCUT2D eigenvalue weighted by atomic mass is 10.0. The Kier molecular flexibility index (Phi) is 2.90. The van der Waals surface area contributed by atoms with Crippen molar-refractivity contribution in [3.63, 3.8) is 0 Å². The highest BCUT2D eigenvalue weighted by Crippen LogP contribution is 2.21. The molecular formula is C9H15N5O3. The highest BCUT2D eigenvalue weighted by atomic mass is 16.3. The van der Waals surface area contributed by atoms with Gasteiger partial charge in [0.25, 0.3) is 5.56 Å². The molecule has 0 amide bonds. The quantitative estimate of drug-likeness (QED) is 0.363. The molecule has 7 N–H and O–H groups in total. The molecule has 0 aromatic carbocycles. The zero-order valence-electron chi connectivity index (χ0n) is 9.27. The number of nitrogen functional groups attached to an aromatic ring is 1. The number of aromatic amines is 1. The molecule has 94 valence electrons. The van der Waals surface area contributed by atoms with Crippen LogP contribution in [-0.4, -0.2) is 45.0 Å². The van der Waals surface area contributed by atoms with Crippen LogP contribution in [0.5, 0.6) is 0 Å². The second-order valence-corrected chi connectivity index (χ2v) is 4.04. The highest BCUT2D eigenvalue weighted by Gasteiger charge is 2.29. The maximum Gasteiger partial charge on any atom is 0.277 e. The summed E-state index contributed by atoms with van der Waals surface area (Å²) >= 11 is 0. The minimum atomic E-state index is -0.979. The van der Waals surface area contributed by atoms with Crippen molar-refractivity contribution < 1.29 is 10.2 Å². The Morgan fingerprint density at radius 3 is 2.88 bits per heavy atom. The predicted octanol–water partition coefficient (Wildman–Crippen LogP) is -1.70. The Morgan fingerprint density at radius 1 is 1.53 bits per heavy atom. The number of aliphatic hydroxyl groups excluding tert-OH is 2. The Hall–Kier alpha value is -1.80. The van der Waals surface area contributed by atoms with Gasteiger partial charge in [-0.15, -0.1) is 0 Å². The summed E-state index contributed by atoms with van der Waals surface area (Å²) in [5.74, 6) is 0.373. The van der Waals surface area contributed by atoms with E-state index in [-0.39, 0.29) is 11.6 Å². The van der Waals surface area contributed by atoms with Gasteiger partial charge in [0.1, 0.15) is 11.8 Å². The summed E-state index contributed by atoms with van der Waals surface area (Å²) in [5.41, 5.74) is 5.20. The van der Waals surface area contributed by atoms with E-state index in [1.807, 2.05) is 0 Å². The number of nitrogens with one attached hydrogen (secondary N) is 3. The minimum Gasteiger partial charge on any atom is -0.391 e. The molecule has 2 heterocycles. The van der Waals surface area contributed by atoms with Gasteiger partial charge < -0.3 is 26.6 Å². The summed E-state index contributed by atoms with van der Waals surface area (Å²) in [5, 5.41) is 24.7. The van der Waals surface area contributed by atoms with Crippen molar-refractivity contribution in [1.82, 2.24) is 9.97 Å². The second-order valence-electron chi connectivity index (χ2n) is 4.04. The Labute approximate surface area is 96.9 Å². The van der Waals surface area contributed by atoms with Gasteiger partial charge in [0, 0.05) is 6.54 Å². The lowest BCUT2D eigenvalue weighted by molar-refractivity contribution is 0.0214. The van der Waals surface area contributed by atoms with Crippen molar-refractivity contribution in [3.8, 4) is 0 Å². The van der Waals surface area contributed by atoms with E-state index < -0.39 is 23.8 Å². The van der Waals surface area contributed by atoms with Crippen molar-refractivity contribution in [1.29, 1.82) is 0 Å². The number of rotatable bonds is 2. The molecule has 8 heteroatoms. The van der Waals surface area contributed by atoms with E-state index in [1.165, 1.54) is 6.92 Å². The molecule has 0 radical (unpaired) electrons. The van der Waals surface area contributed by atoms with Gasteiger partial charge in [-0.05, 0) is 6.92 Å². The van der Waals surface area contributed by atoms with Crippen molar-refractivity contribution in [2.75, 3.05) is 22.9 Å². The lowest BCUT2D eigenvalue weighted by Gasteiger charge is -2.31. The van der Waals surface area contributed by atoms with E-state index >= 15 is 0 Å². The molecule has 0 saturated heterocycles. The third kappa shape index (κ3) is 2.17. The van der Waals surface area contributed by atoms with Crippen molar-refractivity contribution >= 4 is 17.5 Å². The topological polar surface area (TPSA) is 136 Å². The molecule has 0 saturated carbocycles. The normalized spacial score (nSPS) is 21.9. The largest absolute Gasteiger partial charge is 0.391 e. The molecule has 17 heavy (non-hydrogen) atoms. The highest BCUT2D eigenvalue weighted by molar-refractivity contribution is 5.67. The number of nitrogens with two attached hydrogens (primary N) is 1. The number of anilines is 3. The summed E-state index contributed by atoms with van der Waals surface area (Å²) in [4.78, 5) is 17.9. The summed E-state index contributed by atoms with van der Waals surface area (Å²) < 4.78 is 0. The lowest BCUT2D eigenvalue weighted by Crippen LogP contribution is -2.48. The van der Waals surface area contributed by atoms with Crippen LogP contribution in [0, 0.1) is 0 Å². The standard InChI is InChI=1S/C9H15N5O3/c1-3(15)6(16)4-2-11-7-5(12-4)8(17)14-9(10)13-7/h3-4,6,12,15-16H,2H2,1H3,(H4,10,11,13,14,17)/t3-,4?,6?/m0/s1. The number of aliphatic hydroxyl groups is 2. The van der Waals surface area contributed by atoms with Gasteiger partial charge in [-0.3, -0.25) is 9.78 Å². The molecule has 0 spiro atoms.